The molecule has 1 N–H and O–H groups in total. The third-order valence-electron chi connectivity index (χ3n) is 12.0. The first-order valence-corrected chi connectivity index (χ1v) is 21.7. The molecular formula is C42H43FN4O7Si. The summed E-state index contributed by atoms with van der Waals surface area (Å²) < 4.78 is 23.3. The number of nitro groups is 1. The molecule has 284 valence electrons. The van der Waals surface area contributed by atoms with E-state index in [1.807, 2.05) is 72.8 Å². The third kappa shape index (κ3) is 6.14. The molecule has 4 aliphatic heterocycles. The Bertz CT molecular complexity index is 2210. The van der Waals surface area contributed by atoms with Crippen molar-refractivity contribution in [2.24, 2.45) is 5.92 Å². The van der Waals surface area contributed by atoms with Gasteiger partial charge in [-0.05, 0) is 72.5 Å². The Hall–Kier alpha value is -5.24. The van der Waals surface area contributed by atoms with Crippen molar-refractivity contribution in [2.45, 2.75) is 82.1 Å². The lowest BCUT2D eigenvalue weighted by Crippen LogP contribution is -2.48. The minimum absolute atomic E-state index is 0.00934. The number of aryl methyl sites for hydroxylation is 1. The summed E-state index contributed by atoms with van der Waals surface area (Å²) in [6.45, 7) is 4.96. The number of hydrogen-bond donors (Lipinski definition) is 1. The standard InChI is InChI=1S/C42H43FN4O7Si/c1-26-40(55(2,3)43)37(22-39(50)44-24-30-10-5-4-9-29(30)20-33(44)25-48)54-42(26)34-21-32(47(52)53)17-18-36(34)45(41(42)51)23-27-12-15-31(16-13-27)46-35-11-7-6-8-28(35)14-19-38(46)49/h4-13,15-18,21,26,33,37,40,48H,14,19-20,22-25H2,1-3H3/t26-,33+,37+,40-,42+/m1/s1. The summed E-state index contributed by atoms with van der Waals surface area (Å²) in [6, 6.07) is 26.7. The minimum atomic E-state index is -3.66. The van der Waals surface area contributed by atoms with Gasteiger partial charge in [0, 0.05) is 47.8 Å². The first-order valence-electron chi connectivity index (χ1n) is 18.8. The Morgan fingerprint density at radius 3 is 2.35 bits per heavy atom. The molecule has 55 heavy (non-hydrogen) atoms. The number of carbonyl (C=O) groups is 3. The SMILES string of the molecule is C[C@@H]1[C@@H]([Si](C)(C)F)[C@H](CC(=O)N2Cc3ccccc3C[C@H]2CO)O[C@@]12C(=O)N(Cc1ccc(N3C(=O)CCc4ccccc43)cc1)c1ccc([N+](=O)[O-])cc12. The molecule has 0 unspecified atom stereocenters. The van der Waals surface area contributed by atoms with E-state index in [4.69, 9.17) is 4.74 Å². The Kier molecular flexibility index (Phi) is 9.22. The number of hydrogen-bond acceptors (Lipinski definition) is 7. The Morgan fingerprint density at radius 1 is 0.964 bits per heavy atom. The maximum absolute atomic E-state index is 16.6. The molecule has 4 heterocycles. The molecule has 4 aliphatic rings. The van der Waals surface area contributed by atoms with Gasteiger partial charge < -0.3 is 23.8 Å². The first-order chi connectivity index (χ1) is 26.3. The highest BCUT2D eigenvalue weighted by molar-refractivity contribution is 6.72. The van der Waals surface area contributed by atoms with Gasteiger partial charge in [-0.1, -0.05) is 61.5 Å². The number of para-hydroxylation sites is 1. The van der Waals surface area contributed by atoms with Crippen LogP contribution >= 0.6 is 0 Å². The lowest BCUT2D eigenvalue weighted by Gasteiger charge is -2.37. The molecule has 11 nitrogen and oxygen atoms in total. The quantitative estimate of drug-likeness (QED) is 0.0898. The number of halogens is 1. The molecule has 1 fully saturated rings. The van der Waals surface area contributed by atoms with Crippen LogP contribution in [0.25, 0.3) is 0 Å². The van der Waals surface area contributed by atoms with Crippen molar-refractivity contribution >= 4 is 48.9 Å². The summed E-state index contributed by atoms with van der Waals surface area (Å²) in [7, 11) is -3.66. The summed E-state index contributed by atoms with van der Waals surface area (Å²) in [4.78, 5) is 58.6. The van der Waals surface area contributed by atoms with Crippen LogP contribution in [-0.4, -0.2) is 59.8 Å². The van der Waals surface area contributed by atoms with Crippen LogP contribution in [0, 0.1) is 16.0 Å². The fourth-order valence-corrected chi connectivity index (χ4v) is 12.0. The topological polar surface area (TPSA) is 134 Å². The van der Waals surface area contributed by atoms with Crippen molar-refractivity contribution in [3.63, 3.8) is 0 Å². The highest BCUT2D eigenvalue weighted by Crippen LogP contribution is 2.61. The van der Waals surface area contributed by atoms with Gasteiger partial charge in [0.05, 0.1) is 48.0 Å². The van der Waals surface area contributed by atoms with E-state index in [2.05, 4.69) is 0 Å². The number of amides is 3. The first kappa shape index (κ1) is 36.7. The molecule has 0 saturated carbocycles. The summed E-state index contributed by atoms with van der Waals surface area (Å²) >= 11 is 0. The molecule has 1 saturated heterocycles. The van der Waals surface area contributed by atoms with Crippen LogP contribution in [0.15, 0.2) is 91.0 Å². The Balaban J connectivity index is 1.12. The molecular weight excluding hydrogens is 720 g/mol. The number of rotatable bonds is 8. The van der Waals surface area contributed by atoms with Crippen LogP contribution in [0.1, 0.15) is 47.6 Å². The fourth-order valence-electron chi connectivity index (χ4n) is 9.48. The largest absolute Gasteiger partial charge is 0.394 e. The second-order valence-electron chi connectivity index (χ2n) is 15.7. The zero-order valence-corrected chi connectivity index (χ0v) is 32.0. The predicted molar refractivity (Wildman–Crippen MR) is 207 cm³/mol. The average Bonchev–Trinajstić information content (AvgIpc) is 3.60. The molecule has 3 amide bonds. The normalized spacial score (nSPS) is 24.6. The maximum atomic E-state index is 16.6. The number of ether oxygens (including phenoxy) is 1. The number of carbonyl (C=O) groups excluding carboxylic acids is 3. The van der Waals surface area contributed by atoms with E-state index in [0.29, 0.717) is 30.6 Å². The summed E-state index contributed by atoms with van der Waals surface area (Å²) in [5.74, 6) is -1.57. The van der Waals surface area contributed by atoms with E-state index in [9.17, 15) is 29.6 Å². The lowest BCUT2D eigenvalue weighted by atomic mass is 9.82. The number of anilines is 3. The van der Waals surface area contributed by atoms with Crippen molar-refractivity contribution in [2.75, 3.05) is 16.4 Å². The third-order valence-corrected chi connectivity index (χ3v) is 14.5. The van der Waals surface area contributed by atoms with E-state index in [1.54, 1.807) is 29.8 Å². The van der Waals surface area contributed by atoms with Crippen molar-refractivity contribution in [1.29, 1.82) is 0 Å². The van der Waals surface area contributed by atoms with Gasteiger partial charge in [-0.25, -0.2) is 0 Å². The molecule has 0 aliphatic carbocycles. The van der Waals surface area contributed by atoms with Gasteiger partial charge >= 0.3 is 0 Å². The smallest absolute Gasteiger partial charge is 0.269 e. The number of aliphatic hydroxyl groups is 1. The monoisotopic (exact) mass is 762 g/mol. The molecule has 0 radical (unpaired) electrons. The summed E-state index contributed by atoms with van der Waals surface area (Å²) in [6.07, 6.45) is 0.335. The zero-order chi connectivity index (χ0) is 38.8. The highest BCUT2D eigenvalue weighted by Gasteiger charge is 2.67. The number of nitro benzene ring substituents is 1. The molecule has 13 heteroatoms. The highest BCUT2D eigenvalue weighted by atomic mass is 28.4. The molecule has 0 aromatic heterocycles. The van der Waals surface area contributed by atoms with Crippen molar-refractivity contribution in [3.05, 3.63) is 129 Å². The van der Waals surface area contributed by atoms with E-state index in [-0.39, 0.29) is 49.2 Å². The molecule has 4 aromatic rings. The maximum Gasteiger partial charge on any atom is 0.269 e. The number of nitrogens with zero attached hydrogens (tertiary/aromatic N) is 4. The van der Waals surface area contributed by atoms with Gasteiger partial charge in [0.15, 0.2) is 5.60 Å². The van der Waals surface area contributed by atoms with Crippen molar-refractivity contribution in [3.8, 4) is 0 Å². The summed E-state index contributed by atoms with van der Waals surface area (Å²) in [5, 5.41) is 22.4. The number of fused-ring (bicyclic) bond motifs is 4. The predicted octanol–water partition coefficient (Wildman–Crippen LogP) is 6.86. The number of non-ortho nitro benzene ring substituents is 1. The molecule has 4 aromatic carbocycles. The Labute approximate surface area is 319 Å². The van der Waals surface area contributed by atoms with Gasteiger partial charge in [-0.15, -0.1) is 0 Å². The molecule has 1 spiro atoms. The molecule has 5 atom stereocenters. The van der Waals surface area contributed by atoms with E-state index in [1.165, 1.54) is 23.1 Å². The summed E-state index contributed by atoms with van der Waals surface area (Å²) in [5.41, 5.74) is 3.28. The van der Waals surface area contributed by atoms with Gasteiger partial charge in [0.25, 0.3) is 11.6 Å². The van der Waals surface area contributed by atoms with E-state index >= 15 is 4.11 Å². The lowest BCUT2D eigenvalue weighted by molar-refractivity contribution is -0.385. The Morgan fingerprint density at radius 2 is 1.65 bits per heavy atom. The minimum Gasteiger partial charge on any atom is -0.394 e. The van der Waals surface area contributed by atoms with Crippen molar-refractivity contribution < 1.29 is 33.3 Å². The van der Waals surface area contributed by atoms with Crippen LogP contribution < -0.4 is 9.80 Å². The van der Waals surface area contributed by atoms with Crippen molar-refractivity contribution in [1.82, 2.24) is 4.90 Å². The van der Waals surface area contributed by atoms with E-state index in [0.717, 1.165) is 27.9 Å². The van der Waals surface area contributed by atoms with Gasteiger partial charge in [0.1, 0.15) is 0 Å². The average molecular weight is 763 g/mol. The second kappa shape index (κ2) is 13.8. The van der Waals surface area contributed by atoms with Gasteiger partial charge in [-0.2, -0.15) is 0 Å². The number of benzene rings is 4. The number of aliphatic hydroxyl groups excluding tert-OH is 1. The van der Waals surface area contributed by atoms with Crippen LogP contribution in [0.5, 0.6) is 0 Å². The second-order valence-corrected chi connectivity index (χ2v) is 19.5. The van der Waals surface area contributed by atoms with Gasteiger partial charge in [0.2, 0.25) is 20.2 Å². The zero-order valence-electron chi connectivity index (χ0n) is 31.0. The van der Waals surface area contributed by atoms with Crippen LogP contribution in [0.2, 0.25) is 18.6 Å². The van der Waals surface area contributed by atoms with Crippen LogP contribution in [-0.2, 0) is 50.7 Å². The molecule has 8 rings (SSSR count). The van der Waals surface area contributed by atoms with E-state index < -0.39 is 48.4 Å². The molecule has 0 bridgehead atoms. The van der Waals surface area contributed by atoms with Gasteiger partial charge in [-0.3, -0.25) is 29.4 Å². The van der Waals surface area contributed by atoms with Crippen LogP contribution in [0.3, 0.4) is 0 Å². The van der Waals surface area contributed by atoms with Crippen LogP contribution in [0.4, 0.5) is 26.9 Å². The fraction of sp³-hybridized carbons (Fsp3) is 0.357.